The van der Waals surface area contributed by atoms with E-state index in [-0.39, 0.29) is 0 Å². The number of hydrogen-bond acceptors (Lipinski definition) is 2. The minimum atomic E-state index is -2.52. The van der Waals surface area contributed by atoms with Crippen molar-refractivity contribution in [3.63, 3.8) is 0 Å². The maximum Gasteiger partial charge on any atom is 0.343 e. The van der Waals surface area contributed by atoms with Crippen molar-refractivity contribution < 1.29 is 24.2 Å². The monoisotopic (exact) mass is 148 g/mol. The Morgan fingerprint density at radius 2 is 1.80 bits per heavy atom. The van der Waals surface area contributed by atoms with Gasteiger partial charge in [0.15, 0.2) is 0 Å². The molecule has 0 fully saturated rings. The second kappa shape index (κ2) is 2.95. The van der Waals surface area contributed by atoms with Gasteiger partial charge in [0.25, 0.3) is 0 Å². The maximum absolute atomic E-state index is 12.1. The molecule has 0 aromatic heterocycles. The van der Waals surface area contributed by atoms with Crippen molar-refractivity contribution in [3.05, 3.63) is 12.2 Å². The van der Waals surface area contributed by atoms with E-state index >= 15 is 0 Å². The van der Waals surface area contributed by atoms with Gasteiger partial charge in [0.05, 0.1) is 5.57 Å². The van der Waals surface area contributed by atoms with E-state index < -0.39 is 23.7 Å². The van der Waals surface area contributed by atoms with E-state index in [4.69, 9.17) is 10.2 Å². The van der Waals surface area contributed by atoms with Crippen LogP contribution >= 0.6 is 0 Å². The molecule has 1 atom stereocenters. The SMILES string of the molecule is C=C(C(=O)O)C(F)C(=O)O. The topological polar surface area (TPSA) is 74.6 Å². The first-order valence-electron chi connectivity index (χ1n) is 2.25. The van der Waals surface area contributed by atoms with Gasteiger partial charge in [-0.3, -0.25) is 0 Å². The molecular weight excluding hydrogens is 143 g/mol. The Bertz CT molecular complexity index is 186. The number of aliphatic carboxylic acids is 2. The molecular formula is C5H5FO4. The molecule has 0 saturated carbocycles. The van der Waals surface area contributed by atoms with Crippen molar-refractivity contribution in [1.82, 2.24) is 0 Å². The van der Waals surface area contributed by atoms with Crippen LogP contribution in [0.15, 0.2) is 12.2 Å². The molecule has 56 valence electrons. The zero-order chi connectivity index (χ0) is 8.31. The summed E-state index contributed by atoms with van der Waals surface area (Å²) in [5, 5.41) is 15.9. The van der Waals surface area contributed by atoms with Crippen LogP contribution < -0.4 is 0 Å². The summed E-state index contributed by atoms with van der Waals surface area (Å²) in [6.45, 7) is 2.72. The molecule has 4 nitrogen and oxygen atoms in total. The third-order valence-corrected chi connectivity index (χ3v) is 0.797. The van der Waals surface area contributed by atoms with E-state index in [0.29, 0.717) is 0 Å². The molecule has 0 rings (SSSR count). The molecule has 0 aliphatic rings. The zero-order valence-corrected chi connectivity index (χ0v) is 4.87. The van der Waals surface area contributed by atoms with Crippen LogP contribution in [0.25, 0.3) is 0 Å². The molecule has 0 heterocycles. The number of alkyl halides is 1. The second-order valence-corrected chi connectivity index (χ2v) is 1.53. The molecule has 0 aromatic carbocycles. The number of carbonyl (C=O) groups is 2. The van der Waals surface area contributed by atoms with Gasteiger partial charge < -0.3 is 10.2 Å². The maximum atomic E-state index is 12.1. The molecule has 0 aliphatic carbocycles. The van der Waals surface area contributed by atoms with Crippen molar-refractivity contribution in [3.8, 4) is 0 Å². The molecule has 1 unspecified atom stereocenters. The summed E-state index contributed by atoms with van der Waals surface area (Å²) < 4.78 is 12.1. The van der Waals surface area contributed by atoms with E-state index in [2.05, 4.69) is 6.58 Å². The largest absolute Gasteiger partial charge is 0.479 e. The van der Waals surface area contributed by atoms with Crippen LogP contribution in [-0.4, -0.2) is 28.3 Å². The Kier molecular flexibility index (Phi) is 2.54. The average Bonchev–Trinajstić information content (AvgIpc) is 1.84. The Balaban J connectivity index is 4.22. The van der Waals surface area contributed by atoms with Crippen LogP contribution in [0, 0.1) is 0 Å². The minimum Gasteiger partial charge on any atom is -0.479 e. The highest BCUT2D eigenvalue weighted by Crippen LogP contribution is 2.03. The van der Waals surface area contributed by atoms with Gasteiger partial charge in [-0.05, 0) is 0 Å². The van der Waals surface area contributed by atoms with Gasteiger partial charge in [0.2, 0.25) is 6.17 Å². The van der Waals surface area contributed by atoms with E-state index in [0.717, 1.165) is 0 Å². The molecule has 10 heavy (non-hydrogen) atoms. The Morgan fingerprint density at radius 3 is 1.90 bits per heavy atom. The third kappa shape index (κ3) is 1.85. The molecule has 0 spiro atoms. The van der Waals surface area contributed by atoms with Gasteiger partial charge in [0.1, 0.15) is 0 Å². The minimum absolute atomic E-state index is 0.965. The normalized spacial score (nSPS) is 12.1. The molecule has 2 N–H and O–H groups in total. The number of rotatable bonds is 3. The Labute approximate surface area is 55.6 Å². The van der Waals surface area contributed by atoms with Gasteiger partial charge in [-0.15, -0.1) is 0 Å². The summed E-state index contributed by atoms with van der Waals surface area (Å²) in [5.74, 6) is -3.48. The van der Waals surface area contributed by atoms with Gasteiger partial charge in [-0.1, -0.05) is 6.58 Å². The van der Waals surface area contributed by atoms with Crippen molar-refractivity contribution >= 4 is 11.9 Å². The summed E-state index contributed by atoms with van der Waals surface area (Å²) in [7, 11) is 0. The fourth-order valence-electron chi connectivity index (χ4n) is 0.257. The summed E-state index contributed by atoms with van der Waals surface area (Å²) in [5.41, 5.74) is -0.965. The molecule has 5 heteroatoms. The van der Waals surface area contributed by atoms with E-state index in [1.54, 1.807) is 0 Å². The van der Waals surface area contributed by atoms with Crippen molar-refractivity contribution in [2.45, 2.75) is 6.17 Å². The summed E-state index contributed by atoms with van der Waals surface area (Å²) in [4.78, 5) is 19.6. The summed E-state index contributed by atoms with van der Waals surface area (Å²) in [6.07, 6.45) is -2.52. The standard InChI is InChI=1S/C5H5FO4/c1-2(4(7)8)3(6)5(9)10/h3H,1H2,(H,7,8)(H,9,10). The fourth-order valence-corrected chi connectivity index (χ4v) is 0.257. The van der Waals surface area contributed by atoms with E-state index in [1.165, 1.54) is 0 Å². The lowest BCUT2D eigenvalue weighted by Crippen LogP contribution is -2.21. The van der Waals surface area contributed by atoms with Gasteiger partial charge in [-0.25, -0.2) is 14.0 Å². The lowest BCUT2D eigenvalue weighted by Gasteiger charge is -1.99. The lowest BCUT2D eigenvalue weighted by atomic mass is 10.2. The number of hydrogen-bond donors (Lipinski definition) is 2. The van der Waals surface area contributed by atoms with E-state index in [9.17, 15) is 14.0 Å². The van der Waals surface area contributed by atoms with Crippen LogP contribution in [0.3, 0.4) is 0 Å². The molecule has 0 amide bonds. The summed E-state index contributed by atoms with van der Waals surface area (Å²) in [6, 6.07) is 0. The first-order chi connectivity index (χ1) is 4.46. The van der Waals surface area contributed by atoms with Crippen molar-refractivity contribution in [2.75, 3.05) is 0 Å². The predicted molar refractivity (Wildman–Crippen MR) is 29.3 cm³/mol. The average molecular weight is 148 g/mol. The first kappa shape index (κ1) is 8.61. The number of carboxylic acid groups (broad SMARTS) is 2. The van der Waals surface area contributed by atoms with Gasteiger partial charge in [0, 0.05) is 0 Å². The second-order valence-electron chi connectivity index (χ2n) is 1.53. The Morgan fingerprint density at radius 1 is 1.40 bits per heavy atom. The summed E-state index contributed by atoms with van der Waals surface area (Å²) >= 11 is 0. The Hall–Kier alpha value is -1.39. The highest BCUT2D eigenvalue weighted by Gasteiger charge is 2.24. The first-order valence-corrected chi connectivity index (χ1v) is 2.25. The fraction of sp³-hybridized carbons (Fsp3) is 0.200. The van der Waals surface area contributed by atoms with Crippen LogP contribution in [0.2, 0.25) is 0 Å². The van der Waals surface area contributed by atoms with Gasteiger partial charge >= 0.3 is 11.9 Å². The van der Waals surface area contributed by atoms with Crippen LogP contribution in [0.5, 0.6) is 0 Å². The smallest absolute Gasteiger partial charge is 0.343 e. The molecule has 0 aromatic rings. The third-order valence-electron chi connectivity index (χ3n) is 0.797. The van der Waals surface area contributed by atoms with Crippen LogP contribution in [0.1, 0.15) is 0 Å². The van der Waals surface area contributed by atoms with Crippen LogP contribution in [-0.2, 0) is 9.59 Å². The van der Waals surface area contributed by atoms with Crippen LogP contribution in [0.4, 0.5) is 4.39 Å². The van der Waals surface area contributed by atoms with Gasteiger partial charge in [-0.2, -0.15) is 0 Å². The highest BCUT2D eigenvalue weighted by atomic mass is 19.1. The molecule has 0 aliphatic heterocycles. The highest BCUT2D eigenvalue weighted by molar-refractivity contribution is 5.94. The lowest BCUT2D eigenvalue weighted by molar-refractivity contribution is -0.144. The molecule has 0 bridgehead atoms. The molecule has 0 radical (unpaired) electrons. The van der Waals surface area contributed by atoms with E-state index in [1.807, 2.05) is 0 Å². The number of halogens is 1. The zero-order valence-electron chi connectivity index (χ0n) is 4.87. The molecule has 0 saturated heterocycles. The number of carboxylic acids is 2. The quantitative estimate of drug-likeness (QED) is 0.554. The predicted octanol–water partition coefficient (Wildman–Crippen LogP) is 0.0499. The van der Waals surface area contributed by atoms with Crippen molar-refractivity contribution in [2.24, 2.45) is 0 Å². The van der Waals surface area contributed by atoms with Crippen molar-refractivity contribution in [1.29, 1.82) is 0 Å².